The number of carbonyl (C=O) groups excluding carboxylic acids is 1. The zero-order valence-corrected chi connectivity index (χ0v) is 14.7. The number of methoxy groups -OCH3 is 3. The van der Waals surface area contributed by atoms with E-state index in [-0.39, 0.29) is 6.42 Å². The second-order valence-electron chi connectivity index (χ2n) is 5.68. The topological polar surface area (TPSA) is 57.7 Å². The van der Waals surface area contributed by atoms with E-state index >= 15 is 0 Å². The zero-order chi connectivity index (χ0) is 18.7. The van der Waals surface area contributed by atoms with Crippen LogP contribution in [-0.4, -0.2) is 32.3 Å². The molecule has 0 saturated heterocycles. The number of carbonyl (C=O) groups is 1. The van der Waals surface area contributed by atoms with Gasteiger partial charge in [-0.05, 0) is 29.3 Å². The second kappa shape index (κ2) is 7.39. The lowest BCUT2D eigenvalue weighted by molar-refractivity contribution is -0.139. The number of halogens is 1. The molecule has 0 aliphatic rings. The molecule has 0 aliphatic carbocycles. The lowest BCUT2D eigenvalue weighted by Gasteiger charge is -2.10. The highest BCUT2D eigenvalue weighted by atomic mass is 19.1. The van der Waals surface area contributed by atoms with Crippen LogP contribution < -0.4 is 9.47 Å². The van der Waals surface area contributed by atoms with Crippen LogP contribution in [0.3, 0.4) is 0 Å². The van der Waals surface area contributed by atoms with Crippen molar-refractivity contribution in [2.45, 2.75) is 6.42 Å². The first kappa shape index (κ1) is 17.7. The van der Waals surface area contributed by atoms with Crippen LogP contribution in [-0.2, 0) is 16.0 Å². The summed E-state index contributed by atoms with van der Waals surface area (Å²) in [4.78, 5) is 15.7. The Kier molecular flexibility index (Phi) is 5.02. The van der Waals surface area contributed by atoms with Crippen LogP contribution in [0.1, 0.15) is 5.56 Å². The fraction of sp³-hybridized carbons (Fsp3) is 0.200. The van der Waals surface area contributed by atoms with Gasteiger partial charge >= 0.3 is 5.97 Å². The number of hydrogen-bond donors (Lipinski definition) is 0. The molecule has 2 aromatic carbocycles. The predicted molar refractivity (Wildman–Crippen MR) is 96.0 cm³/mol. The molecule has 0 unspecified atom stereocenters. The maximum Gasteiger partial charge on any atom is 0.310 e. The Hall–Kier alpha value is -3.15. The van der Waals surface area contributed by atoms with Crippen LogP contribution in [0.25, 0.3) is 22.0 Å². The van der Waals surface area contributed by atoms with Gasteiger partial charge in [0.1, 0.15) is 5.82 Å². The van der Waals surface area contributed by atoms with Crippen molar-refractivity contribution in [3.8, 4) is 22.6 Å². The van der Waals surface area contributed by atoms with E-state index in [1.54, 1.807) is 38.6 Å². The van der Waals surface area contributed by atoms with E-state index in [2.05, 4.69) is 9.72 Å². The molecule has 0 bridgehead atoms. The monoisotopic (exact) mass is 355 g/mol. The second-order valence-corrected chi connectivity index (χ2v) is 5.68. The molecule has 0 N–H and O–H groups in total. The van der Waals surface area contributed by atoms with Gasteiger partial charge in [-0.15, -0.1) is 0 Å². The molecule has 0 amide bonds. The Balaban J connectivity index is 2.00. The molecule has 5 nitrogen and oxygen atoms in total. The highest BCUT2D eigenvalue weighted by Gasteiger charge is 2.12. The average Bonchev–Trinajstić information content (AvgIpc) is 2.67. The van der Waals surface area contributed by atoms with Crippen molar-refractivity contribution >= 4 is 16.9 Å². The minimum Gasteiger partial charge on any atom is -0.493 e. The maximum atomic E-state index is 14.3. The Morgan fingerprint density at radius 3 is 2.38 bits per heavy atom. The summed E-state index contributed by atoms with van der Waals surface area (Å²) >= 11 is 0. The number of esters is 1. The molecule has 0 saturated carbocycles. The maximum absolute atomic E-state index is 14.3. The SMILES string of the molecule is COC(=O)Cc1ccc(-c2cnc3cc(OC)c(OC)cc3c2)cc1F. The number of nitrogens with zero attached hydrogens (tertiary/aromatic N) is 1. The number of fused-ring (bicyclic) bond motifs is 1. The quantitative estimate of drug-likeness (QED) is 0.652. The molecule has 0 fully saturated rings. The van der Waals surface area contributed by atoms with Crippen molar-refractivity contribution in [1.29, 1.82) is 0 Å². The van der Waals surface area contributed by atoms with E-state index in [0.29, 0.717) is 22.6 Å². The van der Waals surface area contributed by atoms with Crippen LogP contribution in [0.15, 0.2) is 42.6 Å². The first-order valence-electron chi connectivity index (χ1n) is 7.93. The molecule has 1 aromatic heterocycles. The largest absolute Gasteiger partial charge is 0.493 e. The highest BCUT2D eigenvalue weighted by molar-refractivity contribution is 5.86. The summed E-state index contributed by atoms with van der Waals surface area (Å²) in [5.74, 6) is 0.252. The third kappa shape index (κ3) is 3.44. The van der Waals surface area contributed by atoms with Crippen LogP contribution in [0, 0.1) is 5.82 Å². The van der Waals surface area contributed by atoms with Gasteiger partial charge in [-0.3, -0.25) is 9.78 Å². The Morgan fingerprint density at radius 2 is 1.73 bits per heavy atom. The van der Waals surface area contributed by atoms with E-state index in [0.717, 1.165) is 16.5 Å². The van der Waals surface area contributed by atoms with Crippen molar-refractivity contribution in [2.24, 2.45) is 0 Å². The lowest BCUT2D eigenvalue weighted by atomic mass is 10.0. The summed E-state index contributed by atoms with van der Waals surface area (Å²) in [6.45, 7) is 0. The number of ether oxygens (including phenoxy) is 3. The molecule has 3 aromatic rings. The summed E-state index contributed by atoms with van der Waals surface area (Å²) < 4.78 is 29.5. The predicted octanol–water partition coefficient (Wildman–Crippen LogP) is 3.77. The molecule has 0 aliphatic heterocycles. The standard InChI is InChI=1S/C20H18FNO4/c1-24-18-8-14-6-15(11-22-17(14)10-19(18)25-2)12-4-5-13(16(21)7-12)9-20(23)26-3/h4-8,10-11H,9H2,1-3H3. The van der Waals surface area contributed by atoms with E-state index in [1.165, 1.54) is 13.2 Å². The van der Waals surface area contributed by atoms with Crippen molar-refractivity contribution in [2.75, 3.05) is 21.3 Å². The number of benzene rings is 2. The molecular weight excluding hydrogens is 337 g/mol. The van der Waals surface area contributed by atoms with Crippen molar-refractivity contribution < 1.29 is 23.4 Å². The van der Waals surface area contributed by atoms with Gasteiger partial charge in [0.15, 0.2) is 11.5 Å². The van der Waals surface area contributed by atoms with Crippen molar-refractivity contribution in [3.63, 3.8) is 0 Å². The molecule has 0 radical (unpaired) electrons. The van der Waals surface area contributed by atoms with E-state index < -0.39 is 11.8 Å². The smallest absolute Gasteiger partial charge is 0.310 e. The first-order valence-corrected chi connectivity index (χ1v) is 7.93. The van der Waals surface area contributed by atoms with Crippen molar-refractivity contribution in [3.05, 3.63) is 54.0 Å². The first-order chi connectivity index (χ1) is 12.5. The van der Waals surface area contributed by atoms with Gasteiger partial charge in [-0.25, -0.2) is 4.39 Å². The fourth-order valence-corrected chi connectivity index (χ4v) is 2.71. The molecule has 6 heteroatoms. The Morgan fingerprint density at radius 1 is 1.00 bits per heavy atom. The normalized spacial score (nSPS) is 10.6. The van der Waals surface area contributed by atoms with E-state index in [9.17, 15) is 9.18 Å². The zero-order valence-electron chi connectivity index (χ0n) is 14.7. The molecule has 134 valence electrons. The minimum absolute atomic E-state index is 0.102. The Bertz CT molecular complexity index is 971. The van der Waals surface area contributed by atoms with Crippen LogP contribution in [0.5, 0.6) is 11.5 Å². The number of pyridine rings is 1. The van der Waals surface area contributed by atoms with Crippen LogP contribution in [0.4, 0.5) is 4.39 Å². The lowest BCUT2D eigenvalue weighted by Crippen LogP contribution is -2.06. The van der Waals surface area contributed by atoms with Crippen LogP contribution >= 0.6 is 0 Å². The number of aromatic nitrogens is 1. The molecular formula is C20H18FNO4. The van der Waals surface area contributed by atoms with Gasteiger partial charge < -0.3 is 14.2 Å². The average molecular weight is 355 g/mol. The fourth-order valence-electron chi connectivity index (χ4n) is 2.71. The summed E-state index contributed by atoms with van der Waals surface area (Å²) in [6.07, 6.45) is 1.57. The van der Waals surface area contributed by atoms with Gasteiger partial charge in [0, 0.05) is 23.2 Å². The van der Waals surface area contributed by atoms with Gasteiger partial charge in [0.25, 0.3) is 0 Å². The summed E-state index contributed by atoms with van der Waals surface area (Å²) in [5.41, 5.74) is 2.46. The minimum atomic E-state index is -0.481. The van der Waals surface area contributed by atoms with Crippen LogP contribution in [0.2, 0.25) is 0 Å². The highest BCUT2D eigenvalue weighted by Crippen LogP contribution is 2.33. The number of hydrogen-bond acceptors (Lipinski definition) is 5. The van der Waals surface area contributed by atoms with Gasteiger partial charge in [-0.1, -0.05) is 12.1 Å². The van der Waals surface area contributed by atoms with Gasteiger partial charge in [0.05, 0.1) is 33.3 Å². The van der Waals surface area contributed by atoms with E-state index in [1.807, 2.05) is 12.1 Å². The summed E-state index contributed by atoms with van der Waals surface area (Å²) in [6, 6.07) is 10.2. The van der Waals surface area contributed by atoms with Crippen molar-refractivity contribution in [1.82, 2.24) is 4.98 Å². The third-order valence-electron chi connectivity index (χ3n) is 4.14. The Labute approximate surface area is 150 Å². The summed E-state index contributed by atoms with van der Waals surface area (Å²) in [5, 5.41) is 0.846. The third-order valence-corrected chi connectivity index (χ3v) is 4.14. The number of rotatable bonds is 5. The van der Waals surface area contributed by atoms with Gasteiger partial charge in [-0.2, -0.15) is 0 Å². The molecule has 0 atom stereocenters. The molecule has 3 rings (SSSR count). The van der Waals surface area contributed by atoms with Gasteiger partial charge in [0.2, 0.25) is 0 Å². The molecule has 1 heterocycles. The molecule has 26 heavy (non-hydrogen) atoms. The molecule has 0 spiro atoms. The van der Waals surface area contributed by atoms with E-state index in [4.69, 9.17) is 9.47 Å². The summed E-state index contributed by atoms with van der Waals surface area (Å²) in [7, 11) is 4.41.